The maximum atomic E-state index is 5.89. The molecule has 2 rings (SSSR count). The number of methoxy groups -OCH3 is 1. The molecule has 0 aliphatic carbocycles. The number of rotatable bonds is 6. The van der Waals surface area contributed by atoms with E-state index in [2.05, 4.69) is 23.5 Å². The van der Waals surface area contributed by atoms with Crippen LogP contribution in [0.15, 0.2) is 42.5 Å². The molecule has 0 unspecified atom stereocenters. The van der Waals surface area contributed by atoms with Crippen LogP contribution in [-0.4, -0.2) is 30.7 Å². The van der Waals surface area contributed by atoms with Crippen molar-refractivity contribution in [1.29, 1.82) is 0 Å². The van der Waals surface area contributed by atoms with E-state index < -0.39 is 0 Å². The summed E-state index contributed by atoms with van der Waals surface area (Å²) in [5, 5.41) is 4.80. The zero-order valence-electron chi connectivity index (χ0n) is 14.3. The van der Waals surface area contributed by atoms with Gasteiger partial charge in [-0.3, -0.25) is 0 Å². The van der Waals surface area contributed by atoms with Gasteiger partial charge in [0.25, 0.3) is 0 Å². The lowest BCUT2D eigenvalue weighted by molar-refractivity contribution is 0.409. The van der Waals surface area contributed by atoms with Gasteiger partial charge in [0.2, 0.25) is 0 Å². The van der Waals surface area contributed by atoms with Crippen molar-refractivity contribution in [2.75, 3.05) is 20.7 Å². The minimum atomic E-state index is 0.739. The van der Waals surface area contributed by atoms with E-state index in [0.717, 1.165) is 41.0 Å². The Labute approximate surface area is 154 Å². The number of hydrogen-bond acceptors (Lipinski definition) is 2. The lowest BCUT2D eigenvalue weighted by Gasteiger charge is -2.21. The summed E-state index contributed by atoms with van der Waals surface area (Å²) < 4.78 is 5.37. The van der Waals surface area contributed by atoms with Gasteiger partial charge >= 0.3 is 0 Å². The van der Waals surface area contributed by atoms with Crippen LogP contribution in [0.3, 0.4) is 0 Å². The van der Waals surface area contributed by atoms with Crippen LogP contribution in [0.1, 0.15) is 16.7 Å². The molecule has 0 aliphatic heterocycles. The fraction of sp³-hybridized carbons (Fsp3) is 0.316. The van der Waals surface area contributed by atoms with Crippen LogP contribution in [-0.2, 0) is 13.0 Å². The Morgan fingerprint density at radius 1 is 1.17 bits per heavy atom. The second-order valence-corrected chi connectivity index (χ2v) is 6.59. The van der Waals surface area contributed by atoms with Crippen LogP contribution < -0.4 is 10.1 Å². The van der Waals surface area contributed by atoms with Gasteiger partial charge < -0.3 is 15.0 Å². The molecule has 0 bridgehead atoms. The van der Waals surface area contributed by atoms with Crippen molar-refractivity contribution in [3.63, 3.8) is 0 Å². The molecule has 0 heterocycles. The molecule has 0 aromatic heterocycles. The minimum absolute atomic E-state index is 0.739. The summed E-state index contributed by atoms with van der Waals surface area (Å²) in [6.07, 6.45) is 0.906. The van der Waals surface area contributed by atoms with E-state index in [1.165, 1.54) is 11.1 Å². The summed E-state index contributed by atoms with van der Waals surface area (Å²) in [6.45, 7) is 3.57. The summed E-state index contributed by atoms with van der Waals surface area (Å²) in [7, 11) is 3.68. The van der Waals surface area contributed by atoms with E-state index >= 15 is 0 Å². The molecule has 128 valence electrons. The van der Waals surface area contributed by atoms with Crippen molar-refractivity contribution in [2.24, 2.45) is 0 Å². The third kappa shape index (κ3) is 5.39. The zero-order valence-corrected chi connectivity index (χ0v) is 15.9. The van der Waals surface area contributed by atoms with E-state index in [4.69, 9.17) is 28.6 Å². The molecule has 1 N–H and O–H groups in total. The van der Waals surface area contributed by atoms with Crippen LogP contribution in [0.4, 0.5) is 0 Å². The summed E-state index contributed by atoms with van der Waals surface area (Å²) in [5.41, 5.74) is 3.54. The lowest BCUT2D eigenvalue weighted by atomic mass is 10.1. The van der Waals surface area contributed by atoms with Gasteiger partial charge in [-0.15, -0.1) is 0 Å². The van der Waals surface area contributed by atoms with E-state index in [1.54, 1.807) is 7.11 Å². The predicted octanol–water partition coefficient (Wildman–Crippen LogP) is 4.21. The van der Waals surface area contributed by atoms with Crippen LogP contribution in [0, 0.1) is 6.92 Å². The fourth-order valence-corrected chi connectivity index (χ4v) is 2.70. The van der Waals surface area contributed by atoms with Crippen LogP contribution >= 0.6 is 23.8 Å². The second kappa shape index (κ2) is 8.90. The highest BCUT2D eigenvalue weighted by atomic mass is 35.5. The Morgan fingerprint density at radius 2 is 1.83 bits per heavy atom. The quantitative estimate of drug-likeness (QED) is 0.778. The Bertz CT molecular complexity index is 688. The van der Waals surface area contributed by atoms with Crippen LogP contribution in [0.25, 0.3) is 0 Å². The van der Waals surface area contributed by atoms with Gasteiger partial charge in [0.15, 0.2) is 5.11 Å². The number of thiocarbonyl (C=S) groups is 1. The van der Waals surface area contributed by atoms with Crippen molar-refractivity contribution in [1.82, 2.24) is 10.2 Å². The summed E-state index contributed by atoms with van der Waals surface area (Å²) in [4.78, 5) is 2.03. The summed E-state index contributed by atoms with van der Waals surface area (Å²) in [6, 6.07) is 14.1. The Balaban J connectivity index is 1.82. The first-order chi connectivity index (χ1) is 11.5. The molecule has 0 saturated heterocycles. The number of halogens is 1. The maximum absolute atomic E-state index is 5.89. The van der Waals surface area contributed by atoms with Crippen molar-refractivity contribution >= 4 is 28.9 Å². The van der Waals surface area contributed by atoms with Crippen molar-refractivity contribution in [3.05, 3.63) is 64.2 Å². The molecule has 0 aliphatic rings. The second-order valence-electron chi connectivity index (χ2n) is 5.77. The van der Waals surface area contributed by atoms with Gasteiger partial charge in [0, 0.05) is 25.2 Å². The molecule has 2 aromatic rings. The smallest absolute Gasteiger partial charge is 0.168 e. The fourth-order valence-electron chi connectivity index (χ4n) is 2.41. The minimum Gasteiger partial charge on any atom is -0.496 e. The molecule has 0 saturated carbocycles. The Hall–Kier alpha value is -1.78. The first-order valence-corrected chi connectivity index (χ1v) is 8.65. The average molecular weight is 363 g/mol. The third-order valence-electron chi connectivity index (χ3n) is 3.84. The Kier molecular flexibility index (Phi) is 6.88. The molecule has 0 amide bonds. The molecule has 2 aromatic carbocycles. The topological polar surface area (TPSA) is 24.5 Å². The molecule has 3 nitrogen and oxygen atoms in total. The lowest BCUT2D eigenvalue weighted by Crippen LogP contribution is -2.37. The van der Waals surface area contributed by atoms with Crippen LogP contribution in [0.5, 0.6) is 5.75 Å². The van der Waals surface area contributed by atoms with E-state index in [1.807, 2.05) is 43.1 Å². The van der Waals surface area contributed by atoms with E-state index in [-0.39, 0.29) is 0 Å². The first kappa shape index (κ1) is 18.6. The number of nitrogens with zero attached hydrogens (tertiary/aromatic N) is 1. The number of nitrogens with one attached hydrogen (secondary N) is 1. The van der Waals surface area contributed by atoms with Crippen molar-refractivity contribution in [3.8, 4) is 5.75 Å². The van der Waals surface area contributed by atoms with Gasteiger partial charge in [0.1, 0.15) is 5.75 Å². The highest BCUT2D eigenvalue weighted by Gasteiger charge is 2.07. The third-order valence-corrected chi connectivity index (χ3v) is 4.55. The highest BCUT2D eigenvalue weighted by Crippen LogP contribution is 2.19. The molecule has 24 heavy (non-hydrogen) atoms. The van der Waals surface area contributed by atoms with E-state index in [9.17, 15) is 0 Å². The molecule has 0 fully saturated rings. The average Bonchev–Trinajstić information content (AvgIpc) is 2.58. The van der Waals surface area contributed by atoms with Crippen LogP contribution in [0.2, 0.25) is 5.02 Å². The largest absolute Gasteiger partial charge is 0.496 e. The van der Waals surface area contributed by atoms with Gasteiger partial charge in [-0.2, -0.15) is 0 Å². The van der Waals surface area contributed by atoms with E-state index in [0.29, 0.717) is 0 Å². The molecule has 5 heteroatoms. The SMILES string of the molecule is COc1cc(CN(C)C(=S)NCCc2ccc(Cl)cc2)ccc1C. The summed E-state index contributed by atoms with van der Waals surface area (Å²) in [5.74, 6) is 0.905. The Morgan fingerprint density at radius 3 is 2.50 bits per heavy atom. The number of aryl methyl sites for hydroxylation is 1. The standard InChI is InChI=1S/C19H23ClN2OS/c1-14-4-5-16(12-18(14)23-3)13-22(2)19(24)21-11-10-15-6-8-17(20)9-7-15/h4-9,12H,10-11,13H2,1-3H3,(H,21,24). The predicted molar refractivity (Wildman–Crippen MR) is 105 cm³/mol. The van der Waals surface area contributed by atoms with Gasteiger partial charge in [0.05, 0.1) is 7.11 Å². The molecule has 0 atom stereocenters. The molecule has 0 radical (unpaired) electrons. The molecular weight excluding hydrogens is 340 g/mol. The maximum Gasteiger partial charge on any atom is 0.168 e. The summed E-state index contributed by atoms with van der Waals surface area (Å²) >= 11 is 11.4. The number of ether oxygens (including phenoxy) is 1. The van der Waals surface area contributed by atoms with Gasteiger partial charge in [-0.05, 0) is 60.5 Å². The van der Waals surface area contributed by atoms with Gasteiger partial charge in [-0.1, -0.05) is 35.9 Å². The first-order valence-electron chi connectivity index (χ1n) is 7.86. The normalized spacial score (nSPS) is 10.3. The molecule has 0 spiro atoms. The van der Waals surface area contributed by atoms with Crippen molar-refractivity contribution < 1.29 is 4.74 Å². The van der Waals surface area contributed by atoms with Gasteiger partial charge in [-0.25, -0.2) is 0 Å². The number of hydrogen-bond donors (Lipinski definition) is 1. The number of benzene rings is 2. The zero-order chi connectivity index (χ0) is 17.5. The molecular formula is C19H23ClN2OS. The van der Waals surface area contributed by atoms with Crippen molar-refractivity contribution in [2.45, 2.75) is 19.9 Å². The monoisotopic (exact) mass is 362 g/mol. The highest BCUT2D eigenvalue weighted by molar-refractivity contribution is 7.80.